The van der Waals surface area contributed by atoms with Gasteiger partial charge in [-0.05, 0) is 37.3 Å². The van der Waals surface area contributed by atoms with Crippen LogP contribution in [0.15, 0.2) is 59.5 Å². The van der Waals surface area contributed by atoms with E-state index in [2.05, 4.69) is 15.6 Å². The molecule has 0 saturated heterocycles. The molecule has 0 saturated carbocycles. The van der Waals surface area contributed by atoms with Crippen LogP contribution in [0.3, 0.4) is 0 Å². The summed E-state index contributed by atoms with van der Waals surface area (Å²) in [4.78, 5) is 36.1. The van der Waals surface area contributed by atoms with Crippen LogP contribution in [-0.4, -0.2) is 43.2 Å². The molecule has 34 heavy (non-hydrogen) atoms. The SMILES string of the molecule is Cc1c(CNC(=O)c2ccc(Cl)s2)nnn1-c1ccc(-n2ccccc2=O)cc1OCC(=O)O. The van der Waals surface area contributed by atoms with Gasteiger partial charge in [0.1, 0.15) is 17.1 Å². The predicted molar refractivity (Wildman–Crippen MR) is 125 cm³/mol. The van der Waals surface area contributed by atoms with Crippen molar-refractivity contribution in [2.24, 2.45) is 0 Å². The summed E-state index contributed by atoms with van der Waals surface area (Å²) in [5, 5.41) is 20.1. The fourth-order valence-corrected chi connectivity index (χ4v) is 4.12. The van der Waals surface area contributed by atoms with Crippen LogP contribution in [0.1, 0.15) is 21.1 Å². The number of carbonyl (C=O) groups excluding carboxylic acids is 1. The zero-order valence-corrected chi connectivity index (χ0v) is 19.3. The highest BCUT2D eigenvalue weighted by Gasteiger charge is 2.17. The van der Waals surface area contributed by atoms with E-state index in [1.165, 1.54) is 26.7 Å². The lowest BCUT2D eigenvalue weighted by Crippen LogP contribution is -2.22. The van der Waals surface area contributed by atoms with Gasteiger partial charge in [-0.3, -0.25) is 14.2 Å². The minimum atomic E-state index is -1.15. The number of hydrogen-bond donors (Lipinski definition) is 2. The number of halogens is 1. The summed E-state index contributed by atoms with van der Waals surface area (Å²) in [7, 11) is 0. The van der Waals surface area contributed by atoms with Crippen molar-refractivity contribution in [2.45, 2.75) is 13.5 Å². The summed E-state index contributed by atoms with van der Waals surface area (Å²) in [6.07, 6.45) is 1.60. The highest BCUT2D eigenvalue weighted by molar-refractivity contribution is 7.17. The minimum Gasteiger partial charge on any atom is -0.480 e. The maximum atomic E-state index is 12.3. The van der Waals surface area contributed by atoms with E-state index in [0.717, 1.165) is 0 Å². The molecule has 0 radical (unpaired) electrons. The van der Waals surface area contributed by atoms with Crippen molar-refractivity contribution in [1.82, 2.24) is 24.9 Å². The van der Waals surface area contributed by atoms with Crippen LogP contribution in [0.5, 0.6) is 5.75 Å². The molecule has 0 spiro atoms. The number of aliphatic carboxylic acids is 1. The predicted octanol–water partition coefficient (Wildman–Crippen LogP) is 2.83. The number of aromatic nitrogens is 4. The summed E-state index contributed by atoms with van der Waals surface area (Å²) in [5.41, 5.74) is 1.82. The first-order chi connectivity index (χ1) is 16.3. The van der Waals surface area contributed by atoms with Crippen LogP contribution in [0.4, 0.5) is 0 Å². The monoisotopic (exact) mass is 499 g/mol. The first-order valence-electron chi connectivity index (χ1n) is 9.95. The number of nitrogens with zero attached hydrogens (tertiary/aromatic N) is 4. The maximum absolute atomic E-state index is 12.3. The van der Waals surface area contributed by atoms with Crippen LogP contribution in [0.25, 0.3) is 11.4 Å². The van der Waals surface area contributed by atoms with Crippen LogP contribution in [-0.2, 0) is 11.3 Å². The van der Waals surface area contributed by atoms with Gasteiger partial charge in [-0.15, -0.1) is 16.4 Å². The molecule has 4 aromatic rings. The lowest BCUT2D eigenvalue weighted by atomic mass is 10.2. The molecule has 2 N–H and O–H groups in total. The third-order valence-corrected chi connectivity index (χ3v) is 6.06. The van der Waals surface area contributed by atoms with Crippen LogP contribution in [0, 0.1) is 6.92 Å². The van der Waals surface area contributed by atoms with Gasteiger partial charge in [0, 0.05) is 18.3 Å². The number of carbonyl (C=O) groups is 2. The summed E-state index contributed by atoms with van der Waals surface area (Å²) in [6.45, 7) is 1.31. The Kier molecular flexibility index (Phi) is 6.75. The highest BCUT2D eigenvalue weighted by Crippen LogP contribution is 2.27. The van der Waals surface area contributed by atoms with E-state index < -0.39 is 12.6 Å². The first-order valence-corrected chi connectivity index (χ1v) is 11.1. The number of carboxylic acids is 1. The summed E-state index contributed by atoms with van der Waals surface area (Å²) in [5.74, 6) is -1.23. The zero-order chi connectivity index (χ0) is 24.2. The molecule has 1 aromatic carbocycles. The van der Waals surface area contributed by atoms with Crippen molar-refractivity contribution < 1.29 is 19.4 Å². The molecule has 1 amide bonds. The average Bonchev–Trinajstić information content (AvgIpc) is 3.41. The molecule has 4 rings (SSSR count). The Labute approximate surface area is 202 Å². The second-order valence-corrected chi connectivity index (χ2v) is 8.78. The number of hydrogen-bond acceptors (Lipinski definition) is 7. The lowest BCUT2D eigenvalue weighted by molar-refractivity contribution is -0.139. The van der Waals surface area contributed by atoms with Crippen molar-refractivity contribution in [3.63, 3.8) is 0 Å². The maximum Gasteiger partial charge on any atom is 0.341 e. The number of amides is 1. The molecule has 0 atom stereocenters. The van der Waals surface area contributed by atoms with Crippen LogP contribution >= 0.6 is 22.9 Å². The molecule has 0 aliphatic heterocycles. The second-order valence-electron chi connectivity index (χ2n) is 7.06. The highest BCUT2D eigenvalue weighted by atomic mass is 35.5. The summed E-state index contributed by atoms with van der Waals surface area (Å²) < 4.78 is 8.90. The third kappa shape index (κ3) is 5.00. The topological polar surface area (TPSA) is 128 Å². The van der Waals surface area contributed by atoms with Gasteiger partial charge in [0.25, 0.3) is 11.5 Å². The molecule has 12 heteroatoms. The van der Waals surface area contributed by atoms with E-state index in [0.29, 0.717) is 32.0 Å². The van der Waals surface area contributed by atoms with E-state index in [9.17, 15) is 14.4 Å². The Morgan fingerprint density at radius 3 is 2.74 bits per heavy atom. The van der Waals surface area contributed by atoms with Crippen molar-refractivity contribution in [2.75, 3.05) is 6.61 Å². The van der Waals surface area contributed by atoms with Crippen LogP contribution < -0.4 is 15.6 Å². The van der Waals surface area contributed by atoms with Gasteiger partial charge in [-0.25, -0.2) is 9.48 Å². The molecule has 0 fully saturated rings. The normalized spacial score (nSPS) is 10.8. The van der Waals surface area contributed by atoms with Gasteiger partial charge < -0.3 is 15.2 Å². The molecule has 0 unspecified atom stereocenters. The van der Waals surface area contributed by atoms with Gasteiger partial charge in [0.15, 0.2) is 6.61 Å². The Morgan fingerprint density at radius 2 is 2.03 bits per heavy atom. The molecular formula is C22H18ClN5O5S. The van der Waals surface area contributed by atoms with Gasteiger partial charge in [0.05, 0.1) is 27.1 Å². The third-order valence-electron chi connectivity index (χ3n) is 4.83. The van der Waals surface area contributed by atoms with E-state index in [1.54, 1.807) is 55.6 Å². The van der Waals surface area contributed by atoms with Gasteiger partial charge in [0.2, 0.25) is 0 Å². The first kappa shape index (κ1) is 23.2. The molecule has 3 heterocycles. The summed E-state index contributed by atoms with van der Waals surface area (Å²) in [6, 6.07) is 12.9. The van der Waals surface area contributed by atoms with E-state index in [4.69, 9.17) is 21.4 Å². The molecular weight excluding hydrogens is 482 g/mol. The number of ether oxygens (including phenoxy) is 1. The molecule has 0 bridgehead atoms. The Hall–Kier alpha value is -3.96. The van der Waals surface area contributed by atoms with Gasteiger partial charge in [-0.2, -0.15) is 0 Å². The molecule has 3 aromatic heterocycles. The lowest BCUT2D eigenvalue weighted by Gasteiger charge is -2.14. The second kappa shape index (κ2) is 9.89. The van der Waals surface area contributed by atoms with Gasteiger partial charge >= 0.3 is 5.97 Å². The Morgan fingerprint density at radius 1 is 1.21 bits per heavy atom. The van der Waals surface area contributed by atoms with E-state index in [1.807, 2.05) is 0 Å². The van der Waals surface area contributed by atoms with E-state index in [-0.39, 0.29) is 23.8 Å². The number of nitrogens with one attached hydrogen (secondary N) is 1. The quantitative estimate of drug-likeness (QED) is 0.381. The van der Waals surface area contributed by atoms with Crippen molar-refractivity contribution >= 4 is 34.8 Å². The van der Waals surface area contributed by atoms with Crippen molar-refractivity contribution in [1.29, 1.82) is 0 Å². The zero-order valence-electron chi connectivity index (χ0n) is 17.8. The largest absolute Gasteiger partial charge is 0.480 e. The standard InChI is InChI=1S/C22H18ClN5O5S/c1-13-15(11-24-22(32)18-7-8-19(23)34-18)25-26-28(13)16-6-5-14(10-17(16)33-12-21(30)31)27-9-3-2-4-20(27)29/h2-10H,11-12H2,1H3,(H,24,32)(H,30,31). The number of rotatable bonds is 8. The Balaban J connectivity index is 1.63. The van der Waals surface area contributed by atoms with Crippen molar-refractivity contribution in [3.05, 3.63) is 85.7 Å². The smallest absolute Gasteiger partial charge is 0.341 e. The summed E-state index contributed by atoms with van der Waals surface area (Å²) >= 11 is 7.05. The van der Waals surface area contributed by atoms with Crippen molar-refractivity contribution in [3.8, 4) is 17.1 Å². The molecule has 0 aliphatic rings. The van der Waals surface area contributed by atoms with Crippen LogP contribution in [0.2, 0.25) is 4.34 Å². The average molecular weight is 500 g/mol. The molecule has 174 valence electrons. The van der Waals surface area contributed by atoms with E-state index >= 15 is 0 Å². The molecule has 0 aliphatic carbocycles. The fourth-order valence-electron chi connectivity index (χ4n) is 3.16. The number of benzene rings is 1. The van der Waals surface area contributed by atoms with Gasteiger partial charge in [-0.1, -0.05) is 22.9 Å². The Bertz CT molecular complexity index is 1430. The number of pyridine rings is 1. The number of carboxylic acid groups (broad SMARTS) is 1. The molecule has 10 nitrogen and oxygen atoms in total. The minimum absolute atomic E-state index is 0.128. The number of thiophene rings is 1. The fraction of sp³-hybridized carbons (Fsp3) is 0.136.